The van der Waals surface area contributed by atoms with E-state index in [1.165, 1.54) is 6.92 Å². The van der Waals surface area contributed by atoms with E-state index in [1.54, 1.807) is 19.3 Å². The van der Waals surface area contributed by atoms with Crippen molar-refractivity contribution in [2.45, 2.75) is 34.6 Å². The molecule has 0 amide bonds. The Morgan fingerprint density at radius 2 is 1.74 bits per heavy atom. The first-order valence-corrected chi connectivity index (χ1v) is 7.26. The Morgan fingerprint density at radius 1 is 1.13 bits per heavy atom. The largest absolute Gasteiger partial charge is 0.496 e. The Balaban J connectivity index is 3.22. The second kappa shape index (κ2) is 7.86. The highest BCUT2D eigenvalue weighted by Crippen LogP contribution is 2.28. The summed E-state index contributed by atoms with van der Waals surface area (Å²) in [5.41, 5.74) is 4.26. The number of rotatable bonds is 5. The quantitative estimate of drug-likeness (QED) is 0.542. The summed E-state index contributed by atoms with van der Waals surface area (Å²) < 4.78 is 32.3. The van der Waals surface area contributed by atoms with Crippen LogP contribution in [0, 0.1) is 20.8 Å². The number of carbonyl (C=O) groups excluding carboxylic acids is 1. The maximum absolute atomic E-state index is 13.8. The molecule has 0 bridgehead atoms. The normalized spacial score (nSPS) is 13.3. The van der Waals surface area contributed by atoms with Gasteiger partial charge in [0.15, 0.2) is 11.6 Å². The topological polar surface area (TPSA) is 26.3 Å². The molecule has 2 nitrogen and oxygen atoms in total. The van der Waals surface area contributed by atoms with Crippen LogP contribution < -0.4 is 4.74 Å². The molecule has 0 saturated carbocycles. The summed E-state index contributed by atoms with van der Waals surface area (Å²) >= 11 is 0. The molecule has 0 saturated heterocycles. The van der Waals surface area contributed by atoms with Crippen LogP contribution in [0.2, 0.25) is 0 Å². The molecule has 1 rings (SSSR count). The lowest BCUT2D eigenvalue weighted by molar-refractivity contribution is -0.114. The average molecular weight is 320 g/mol. The van der Waals surface area contributed by atoms with Crippen LogP contribution in [0.5, 0.6) is 5.75 Å². The van der Waals surface area contributed by atoms with E-state index in [4.69, 9.17) is 4.74 Å². The van der Waals surface area contributed by atoms with E-state index in [1.807, 2.05) is 26.8 Å². The number of methoxy groups -OCH3 is 1. The number of allylic oxidation sites excluding steroid dienone is 5. The molecular weight excluding hydrogens is 298 g/mol. The van der Waals surface area contributed by atoms with Gasteiger partial charge in [-0.25, -0.2) is 8.78 Å². The SMILES string of the molecule is COc1cc(C)c(C=CC(C)=C(F)C=C(F)C(C)=O)c(C)c1C. The lowest BCUT2D eigenvalue weighted by Gasteiger charge is -2.13. The standard InChI is InChI=1S/C19H22F2O2/c1-11(17(20)10-18(21)15(5)22)7-8-16-12(2)9-19(23-6)14(4)13(16)3/h7-10H,1-6H3. The molecule has 4 heteroatoms. The minimum atomic E-state index is -1.09. The van der Waals surface area contributed by atoms with Crippen molar-refractivity contribution in [3.63, 3.8) is 0 Å². The summed E-state index contributed by atoms with van der Waals surface area (Å²) in [5.74, 6) is -1.85. The van der Waals surface area contributed by atoms with Crippen LogP contribution in [-0.4, -0.2) is 12.9 Å². The first kappa shape index (κ1) is 18.8. The van der Waals surface area contributed by atoms with Crippen LogP contribution in [0.4, 0.5) is 8.78 Å². The van der Waals surface area contributed by atoms with Gasteiger partial charge in [0.1, 0.15) is 11.6 Å². The van der Waals surface area contributed by atoms with E-state index in [9.17, 15) is 13.6 Å². The van der Waals surface area contributed by atoms with E-state index in [0.717, 1.165) is 34.9 Å². The van der Waals surface area contributed by atoms with Crippen LogP contribution >= 0.6 is 0 Å². The third-order valence-electron chi connectivity index (χ3n) is 3.79. The zero-order valence-electron chi connectivity index (χ0n) is 14.4. The highest BCUT2D eigenvalue weighted by Gasteiger charge is 2.09. The minimum absolute atomic E-state index is 0.244. The molecule has 0 aliphatic heterocycles. The number of halogens is 2. The van der Waals surface area contributed by atoms with Gasteiger partial charge in [-0.15, -0.1) is 0 Å². The fourth-order valence-electron chi connectivity index (χ4n) is 2.15. The second-order valence-corrected chi connectivity index (χ2v) is 5.47. The van der Waals surface area contributed by atoms with Crippen molar-refractivity contribution in [1.29, 1.82) is 0 Å². The lowest BCUT2D eigenvalue weighted by Crippen LogP contribution is -1.96. The number of hydrogen-bond acceptors (Lipinski definition) is 2. The van der Waals surface area contributed by atoms with Crippen LogP contribution in [0.25, 0.3) is 6.08 Å². The molecule has 0 aromatic heterocycles. The molecule has 0 spiro atoms. The second-order valence-electron chi connectivity index (χ2n) is 5.47. The molecule has 1 aromatic rings. The van der Waals surface area contributed by atoms with Crippen molar-refractivity contribution in [3.05, 3.63) is 57.7 Å². The predicted molar refractivity (Wildman–Crippen MR) is 89.9 cm³/mol. The highest BCUT2D eigenvalue weighted by atomic mass is 19.1. The van der Waals surface area contributed by atoms with Gasteiger partial charge in [-0.05, 0) is 61.6 Å². The van der Waals surface area contributed by atoms with E-state index < -0.39 is 17.4 Å². The average Bonchev–Trinajstić information content (AvgIpc) is 2.50. The summed E-state index contributed by atoms with van der Waals surface area (Å²) in [5, 5.41) is 0. The van der Waals surface area contributed by atoms with Gasteiger partial charge in [0.2, 0.25) is 0 Å². The number of hydrogen-bond donors (Lipinski definition) is 0. The molecule has 0 atom stereocenters. The van der Waals surface area contributed by atoms with Crippen molar-refractivity contribution in [2.75, 3.05) is 7.11 Å². The molecule has 0 aliphatic carbocycles. The number of ether oxygens (including phenoxy) is 1. The number of carbonyl (C=O) groups is 1. The monoisotopic (exact) mass is 320 g/mol. The van der Waals surface area contributed by atoms with Gasteiger partial charge >= 0.3 is 0 Å². The first-order chi connectivity index (χ1) is 10.7. The van der Waals surface area contributed by atoms with Gasteiger partial charge in [-0.2, -0.15) is 0 Å². The molecule has 0 N–H and O–H groups in total. The maximum Gasteiger partial charge on any atom is 0.188 e. The molecular formula is C19H22F2O2. The van der Waals surface area contributed by atoms with Crippen molar-refractivity contribution in [2.24, 2.45) is 0 Å². The zero-order chi connectivity index (χ0) is 17.7. The van der Waals surface area contributed by atoms with Gasteiger partial charge in [0.05, 0.1) is 7.11 Å². The maximum atomic E-state index is 13.8. The Kier molecular flexibility index (Phi) is 6.43. The summed E-state index contributed by atoms with van der Waals surface area (Å²) in [6.45, 7) is 8.45. The fraction of sp³-hybridized carbons (Fsp3) is 0.316. The van der Waals surface area contributed by atoms with Crippen molar-refractivity contribution in [1.82, 2.24) is 0 Å². The van der Waals surface area contributed by atoms with E-state index in [2.05, 4.69) is 0 Å². The fourth-order valence-corrected chi connectivity index (χ4v) is 2.15. The number of Topliss-reactive ketones (excluding diaryl/α,β-unsaturated/α-hetero) is 1. The Hall–Kier alpha value is -2.23. The van der Waals surface area contributed by atoms with Gasteiger partial charge in [0, 0.05) is 13.0 Å². The van der Waals surface area contributed by atoms with Crippen molar-refractivity contribution >= 4 is 11.9 Å². The Labute approximate surface area is 136 Å². The van der Waals surface area contributed by atoms with E-state index in [-0.39, 0.29) is 5.57 Å². The van der Waals surface area contributed by atoms with Crippen LogP contribution in [0.3, 0.4) is 0 Å². The lowest BCUT2D eigenvalue weighted by atomic mass is 9.96. The summed E-state index contributed by atoms with van der Waals surface area (Å²) in [7, 11) is 1.62. The Bertz CT molecular complexity index is 711. The van der Waals surface area contributed by atoms with Crippen LogP contribution in [-0.2, 0) is 4.79 Å². The zero-order valence-corrected chi connectivity index (χ0v) is 14.4. The number of aryl methyl sites for hydroxylation is 1. The molecule has 0 aliphatic rings. The molecule has 124 valence electrons. The van der Waals surface area contributed by atoms with Crippen molar-refractivity contribution in [3.8, 4) is 5.75 Å². The van der Waals surface area contributed by atoms with Crippen molar-refractivity contribution < 1.29 is 18.3 Å². The highest BCUT2D eigenvalue weighted by molar-refractivity contribution is 5.91. The molecule has 0 fully saturated rings. The molecule has 0 radical (unpaired) electrons. The molecule has 0 heterocycles. The third kappa shape index (κ3) is 4.62. The van der Waals surface area contributed by atoms with Gasteiger partial charge in [0.25, 0.3) is 0 Å². The third-order valence-corrected chi connectivity index (χ3v) is 3.79. The van der Waals surface area contributed by atoms with Gasteiger partial charge in [-0.1, -0.05) is 12.2 Å². The first-order valence-electron chi connectivity index (χ1n) is 7.26. The van der Waals surface area contributed by atoms with E-state index >= 15 is 0 Å². The summed E-state index contributed by atoms with van der Waals surface area (Å²) in [6.07, 6.45) is 3.97. The predicted octanol–water partition coefficient (Wildman–Crippen LogP) is 5.32. The van der Waals surface area contributed by atoms with Gasteiger partial charge in [-0.3, -0.25) is 4.79 Å². The molecule has 23 heavy (non-hydrogen) atoms. The number of ketones is 1. The number of benzene rings is 1. The van der Waals surface area contributed by atoms with Crippen LogP contribution in [0.15, 0.2) is 35.4 Å². The summed E-state index contributed by atoms with van der Waals surface area (Å²) in [4.78, 5) is 10.8. The van der Waals surface area contributed by atoms with E-state index in [0.29, 0.717) is 6.08 Å². The van der Waals surface area contributed by atoms with Crippen LogP contribution in [0.1, 0.15) is 36.1 Å². The summed E-state index contributed by atoms with van der Waals surface area (Å²) in [6, 6.07) is 1.92. The minimum Gasteiger partial charge on any atom is -0.496 e. The molecule has 0 unspecified atom stereocenters. The Morgan fingerprint density at radius 3 is 2.26 bits per heavy atom. The molecule has 1 aromatic carbocycles. The van der Waals surface area contributed by atoms with Gasteiger partial charge < -0.3 is 4.74 Å². The smallest absolute Gasteiger partial charge is 0.188 e.